The molecule has 4 aromatic rings. The molecule has 0 aromatic carbocycles. The number of aromatic nitrogens is 4. The summed E-state index contributed by atoms with van der Waals surface area (Å²) in [6.07, 6.45) is 3.01. The van der Waals surface area contributed by atoms with Crippen molar-refractivity contribution in [1.29, 1.82) is 0 Å². The van der Waals surface area contributed by atoms with Crippen LogP contribution in [0.1, 0.15) is 57.9 Å². The van der Waals surface area contributed by atoms with E-state index in [0.717, 1.165) is 28.6 Å². The summed E-state index contributed by atoms with van der Waals surface area (Å²) in [5, 5.41) is 1.45. The van der Waals surface area contributed by atoms with Crippen LogP contribution < -0.4 is 9.47 Å². The average molecular weight is 523 g/mol. The van der Waals surface area contributed by atoms with Crippen LogP contribution in [0.15, 0.2) is 24.4 Å². The zero-order chi connectivity index (χ0) is 26.7. The molecule has 1 atom stereocenters. The maximum absolute atomic E-state index is 15.9. The zero-order valence-electron chi connectivity index (χ0n) is 22.6. The summed E-state index contributed by atoms with van der Waals surface area (Å²) in [4.78, 5) is 16.0. The van der Waals surface area contributed by atoms with Gasteiger partial charge in [-0.2, -0.15) is 9.97 Å². The van der Waals surface area contributed by atoms with Gasteiger partial charge in [-0.1, -0.05) is 34.6 Å². The number of halogens is 1. The number of aromatic amines is 2. The Kier molecular flexibility index (Phi) is 6.11. The van der Waals surface area contributed by atoms with Crippen molar-refractivity contribution in [1.82, 2.24) is 19.9 Å². The molecule has 2 N–H and O–H groups in total. The normalized spacial score (nSPS) is 18.8. The third kappa shape index (κ3) is 4.62. The third-order valence-corrected chi connectivity index (χ3v) is 7.47. The lowest BCUT2D eigenvalue weighted by atomic mass is 9.80. The van der Waals surface area contributed by atoms with Gasteiger partial charge in [0.05, 0.1) is 37.5 Å². The van der Waals surface area contributed by atoms with Crippen molar-refractivity contribution in [2.24, 2.45) is 0 Å². The quantitative estimate of drug-likeness (QED) is 0.340. The van der Waals surface area contributed by atoms with E-state index >= 15 is 4.39 Å². The lowest BCUT2D eigenvalue weighted by Gasteiger charge is -2.29. The molecule has 0 spiro atoms. The highest BCUT2D eigenvalue weighted by molar-refractivity contribution is 5.80. The molecule has 2 saturated heterocycles. The number of nitrogens with one attached hydrogen (secondary N) is 2. The van der Waals surface area contributed by atoms with Gasteiger partial charge in [-0.05, 0) is 30.0 Å². The van der Waals surface area contributed by atoms with Gasteiger partial charge in [-0.25, -0.2) is 4.39 Å². The maximum atomic E-state index is 15.9. The fourth-order valence-electron chi connectivity index (χ4n) is 5.15. The van der Waals surface area contributed by atoms with Crippen LogP contribution in [0, 0.1) is 5.82 Å². The molecule has 2 fully saturated rings. The van der Waals surface area contributed by atoms with Crippen molar-refractivity contribution in [3.8, 4) is 11.8 Å². The lowest BCUT2D eigenvalue weighted by Crippen LogP contribution is -2.39. The minimum absolute atomic E-state index is 0.0289. The first-order valence-electron chi connectivity index (χ1n) is 13.3. The fourth-order valence-corrected chi connectivity index (χ4v) is 5.15. The van der Waals surface area contributed by atoms with Gasteiger partial charge < -0.3 is 28.9 Å². The molecule has 202 valence electrons. The number of fused-ring (bicyclic) bond motifs is 2. The third-order valence-electron chi connectivity index (χ3n) is 7.47. The molecule has 6 rings (SSSR count). The van der Waals surface area contributed by atoms with Crippen LogP contribution in [0.4, 0.5) is 4.39 Å². The van der Waals surface area contributed by atoms with Gasteiger partial charge in [-0.15, -0.1) is 0 Å². The van der Waals surface area contributed by atoms with Gasteiger partial charge in [-0.3, -0.25) is 0 Å². The minimum atomic E-state index is -0.496. The van der Waals surface area contributed by atoms with E-state index in [2.05, 4.69) is 50.7 Å². The molecule has 2 aliphatic rings. The highest BCUT2D eigenvalue weighted by atomic mass is 19.1. The number of H-pyrrole nitrogens is 2. The van der Waals surface area contributed by atoms with Crippen LogP contribution in [0.2, 0.25) is 0 Å². The van der Waals surface area contributed by atoms with Gasteiger partial charge >= 0.3 is 0 Å². The number of pyridine rings is 2. The van der Waals surface area contributed by atoms with E-state index in [0.29, 0.717) is 61.3 Å². The van der Waals surface area contributed by atoms with Gasteiger partial charge in [0.2, 0.25) is 11.8 Å². The summed E-state index contributed by atoms with van der Waals surface area (Å²) in [7, 11) is 0. The Balaban J connectivity index is 1.37. The van der Waals surface area contributed by atoms with E-state index in [9.17, 15) is 0 Å². The van der Waals surface area contributed by atoms with E-state index in [-0.39, 0.29) is 23.4 Å². The summed E-state index contributed by atoms with van der Waals surface area (Å²) >= 11 is 0. The standard InChI is InChI=1S/C29H35FN4O4/c1-28(2,3)20-11-19-23(30)22(32-25(19)34-26(20)38-18-14-36-15-18)12-29(4,5)21-10-16-6-8-31-24(16)33-27(21)37-17-7-9-35-13-17/h6,8,10-11,17-18H,7,9,12-15H2,1-5H3,(H,31,33)(H,32,34). The Labute approximate surface area is 221 Å². The highest BCUT2D eigenvalue weighted by Gasteiger charge is 2.33. The van der Waals surface area contributed by atoms with Gasteiger partial charge in [0.1, 0.15) is 23.5 Å². The lowest BCUT2D eigenvalue weighted by molar-refractivity contribution is -0.0818. The Morgan fingerprint density at radius 2 is 1.66 bits per heavy atom. The van der Waals surface area contributed by atoms with Crippen molar-refractivity contribution < 1.29 is 23.3 Å². The molecule has 6 heterocycles. The van der Waals surface area contributed by atoms with E-state index in [1.165, 1.54) is 0 Å². The Morgan fingerprint density at radius 3 is 2.34 bits per heavy atom. The van der Waals surface area contributed by atoms with Crippen molar-refractivity contribution in [2.45, 2.75) is 70.5 Å². The average Bonchev–Trinajstić information content (AvgIpc) is 3.56. The van der Waals surface area contributed by atoms with Crippen LogP contribution in [0.5, 0.6) is 11.8 Å². The van der Waals surface area contributed by atoms with Crippen molar-refractivity contribution >= 4 is 22.1 Å². The summed E-state index contributed by atoms with van der Waals surface area (Å²) in [6, 6.07) is 5.95. The Hall–Kier alpha value is -3.17. The molecule has 38 heavy (non-hydrogen) atoms. The first-order valence-corrected chi connectivity index (χ1v) is 13.3. The molecule has 8 nitrogen and oxygen atoms in total. The van der Waals surface area contributed by atoms with Crippen molar-refractivity contribution in [3.63, 3.8) is 0 Å². The molecule has 0 bridgehead atoms. The molecule has 0 saturated carbocycles. The number of hydrogen-bond acceptors (Lipinski definition) is 6. The second-order valence-electron chi connectivity index (χ2n) is 12.1. The summed E-state index contributed by atoms with van der Waals surface area (Å²) in [5.41, 5.74) is 2.77. The SMILES string of the molecule is CC(C)(C)c1cc2c(F)c(CC(C)(C)c3cc4cc[nH]c4nc3OC3CCOC3)[nH]c2nc1OC1COC1. The maximum Gasteiger partial charge on any atom is 0.219 e. The molecule has 1 unspecified atom stereocenters. The monoisotopic (exact) mass is 522 g/mol. The molecule has 0 aliphatic carbocycles. The van der Waals surface area contributed by atoms with Crippen LogP contribution in [-0.4, -0.2) is 58.6 Å². The van der Waals surface area contributed by atoms with Crippen LogP contribution in [0.25, 0.3) is 22.1 Å². The van der Waals surface area contributed by atoms with Crippen molar-refractivity contribution in [3.05, 3.63) is 47.0 Å². The smallest absolute Gasteiger partial charge is 0.219 e. The van der Waals surface area contributed by atoms with E-state index < -0.39 is 5.41 Å². The number of rotatable bonds is 7. The van der Waals surface area contributed by atoms with Crippen LogP contribution >= 0.6 is 0 Å². The largest absolute Gasteiger partial charge is 0.472 e. The fraction of sp³-hybridized carbons (Fsp3) is 0.517. The number of hydrogen-bond donors (Lipinski definition) is 2. The van der Waals surface area contributed by atoms with E-state index in [4.69, 9.17) is 28.9 Å². The highest BCUT2D eigenvalue weighted by Crippen LogP contribution is 2.39. The molecule has 0 amide bonds. The van der Waals surface area contributed by atoms with E-state index in [1.807, 2.05) is 18.3 Å². The summed E-state index contributed by atoms with van der Waals surface area (Å²) in [5.74, 6) is 0.803. The molecule has 2 aliphatic heterocycles. The summed E-state index contributed by atoms with van der Waals surface area (Å²) < 4.78 is 39.2. The number of nitrogens with zero attached hydrogens (tertiary/aromatic N) is 2. The Morgan fingerprint density at radius 1 is 0.947 bits per heavy atom. The first-order chi connectivity index (χ1) is 18.1. The molecule has 0 radical (unpaired) electrons. The first kappa shape index (κ1) is 25.1. The topological polar surface area (TPSA) is 94.3 Å². The molecule has 4 aromatic heterocycles. The van der Waals surface area contributed by atoms with E-state index in [1.54, 1.807) is 0 Å². The number of ether oxygens (including phenoxy) is 4. The zero-order valence-corrected chi connectivity index (χ0v) is 22.6. The minimum Gasteiger partial charge on any atom is -0.472 e. The molecular weight excluding hydrogens is 487 g/mol. The van der Waals surface area contributed by atoms with Crippen LogP contribution in [-0.2, 0) is 26.7 Å². The van der Waals surface area contributed by atoms with Crippen molar-refractivity contribution in [2.75, 3.05) is 26.4 Å². The predicted molar refractivity (Wildman–Crippen MR) is 143 cm³/mol. The Bertz CT molecular complexity index is 1480. The second-order valence-corrected chi connectivity index (χ2v) is 12.1. The summed E-state index contributed by atoms with van der Waals surface area (Å²) in [6.45, 7) is 12.7. The van der Waals surface area contributed by atoms with Gasteiger partial charge in [0.15, 0.2) is 5.82 Å². The molecular formula is C29H35FN4O4. The molecule has 9 heteroatoms. The van der Waals surface area contributed by atoms with Gasteiger partial charge in [0, 0.05) is 34.5 Å². The van der Waals surface area contributed by atoms with Crippen LogP contribution in [0.3, 0.4) is 0 Å². The predicted octanol–water partition coefficient (Wildman–Crippen LogP) is 5.34. The second kappa shape index (κ2) is 9.24. The van der Waals surface area contributed by atoms with Gasteiger partial charge in [0.25, 0.3) is 0 Å².